The Bertz CT molecular complexity index is 229. The monoisotopic (exact) mass is 258 g/mol. The average molecular weight is 258 g/mol. The molecule has 1 aliphatic heterocycles. The SMILES string of the molecule is CCCCN(C(=O)C1CSCCN1)C(C)CC. The second-order valence-electron chi connectivity index (χ2n) is 4.72. The van der Waals surface area contributed by atoms with E-state index < -0.39 is 0 Å². The highest BCUT2D eigenvalue weighted by Gasteiger charge is 2.27. The van der Waals surface area contributed by atoms with Crippen molar-refractivity contribution >= 4 is 17.7 Å². The molecule has 0 radical (unpaired) electrons. The molecule has 1 saturated heterocycles. The lowest BCUT2D eigenvalue weighted by Gasteiger charge is -2.33. The van der Waals surface area contributed by atoms with Gasteiger partial charge in [-0.05, 0) is 19.8 Å². The summed E-state index contributed by atoms with van der Waals surface area (Å²) in [6.07, 6.45) is 3.29. The molecule has 0 aliphatic carbocycles. The lowest BCUT2D eigenvalue weighted by molar-refractivity contribution is -0.135. The Morgan fingerprint density at radius 3 is 2.82 bits per heavy atom. The van der Waals surface area contributed by atoms with E-state index in [9.17, 15) is 4.79 Å². The molecule has 1 rings (SSSR count). The summed E-state index contributed by atoms with van der Waals surface area (Å²) < 4.78 is 0. The standard InChI is InChI=1S/C13H26N2OS/c1-4-6-8-15(11(3)5-2)13(16)12-10-17-9-7-14-12/h11-12,14H,4-10H2,1-3H3. The van der Waals surface area contributed by atoms with Crippen molar-refractivity contribution < 1.29 is 4.79 Å². The Morgan fingerprint density at radius 2 is 2.29 bits per heavy atom. The van der Waals surface area contributed by atoms with Gasteiger partial charge in [0, 0.05) is 30.6 Å². The van der Waals surface area contributed by atoms with Crippen molar-refractivity contribution in [2.45, 2.75) is 52.1 Å². The van der Waals surface area contributed by atoms with Gasteiger partial charge in [-0.25, -0.2) is 0 Å². The molecule has 0 saturated carbocycles. The Hall–Kier alpha value is -0.220. The van der Waals surface area contributed by atoms with Gasteiger partial charge in [-0.1, -0.05) is 20.3 Å². The van der Waals surface area contributed by atoms with Gasteiger partial charge in [0.25, 0.3) is 0 Å². The Morgan fingerprint density at radius 1 is 1.53 bits per heavy atom. The number of hydrogen-bond donors (Lipinski definition) is 1. The van der Waals surface area contributed by atoms with Crippen molar-refractivity contribution in [1.82, 2.24) is 10.2 Å². The van der Waals surface area contributed by atoms with E-state index in [4.69, 9.17) is 0 Å². The first kappa shape index (κ1) is 14.8. The molecule has 100 valence electrons. The van der Waals surface area contributed by atoms with Crippen LogP contribution in [0.3, 0.4) is 0 Å². The van der Waals surface area contributed by atoms with Crippen molar-refractivity contribution in [3.63, 3.8) is 0 Å². The lowest BCUT2D eigenvalue weighted by Crippen LogP contribution is -2.53. The van der Waals surface area contributed by atoms with Crippen LogP contribution in [0.1, 0.15) is 40.0 Å². The fraction of sp³-hybridized carbons (Fsp3) is 0.923. The summed E-state index contributed by atoms with van der Waals surface area (Å²) in [4.78, 5) is 14.5. The van der Waals surface area contributed by atoms with E-state index in [1.165, 1.54) is 0 Å². The summed E-state index contributed by atoms with van der Waals surface area (Å²) >= 11 is 1.88. The van der Waals surface area contributed by atoms with Gasteiger partial charge in [0.05, 0.1) is 6.04 Å². The predicted octanol–water partition coefficient (Wildman–Crippen LogP) is 2.12. The van der Waals surface area contributed by atoms with Crippen LogP contribution in [0.2, 0.25) is 0 Å². The number of nitrogens with zero attached hydrogens (tertiary/aromatic N) is 1. The van der Waals surface area contributed by atoms with Crippen molar-refractivity contribution in [1.29, 1.82) is 0 Å². The van der Waals surface area contributed by atoms with Gasteiger partial charge < -0.3 is 10.2 Å². The summed E-state index contributed by atoms with van der Waals surface area (Å²) in [6, 6.07) is 0.405. The van der Waals surface area contributed by atoms with Gasteiger partial charge in [0.15, 0.2) is 0 Å². The molecule has 0 aromatic rings. The van der Waals surface area contributed by atoms with Crippen LogP contribution in [0.15, 0.2) is 0 Å². The van der Waals surface area contributed by atoms with Gasteiger partial charge in [0.2, 0.25) is 5.91 Å². The summed E-state index contributed by atoms with van der Waals surface area (Å²) in [5, 5.41) is 3.34. The van der Waals surface area contributed by atoms with Crippen LogP contribution in [0.5, 0.6) is 0 Å². The number of carbonyl (C=O) groups is 1. The molecule has 4 heteroatoms. The first-order chi connectivity index (χ1) is 8.20. The third-order valence-electron chi connectivity index (χ3n) is 3.38. The molecule has 0 spiro atoms. The normalized spacial score (nSPS) is 22.2. The van der Waals surface area contributed by atoms with Crippen LogP contribution >= 0.6 is 11.8 Å². The van der Waals surface area contributed by atoms with Crippen molar-refractivity contribution in [3.8, 4) is 0 Å². The molecule has 17 heavy (non-hydrogen) atoms. The minimum atomic E-state index is 0.0413. The molecular weight excluding hydrogens is 232 g/mol. The molecule has 0 aromatic heterocycles. The average Bonchev–Trinajstić information content (AvgIpc) is 2.39. The van der Waals surface area contributed by atoms with E-state index in [1.807, 2.05) is 11.8 Å². The Labute approximate surface area is 110 Å². The highest BCUT2D eigenvalue weighted by atomic mass is 32.2. The zero-order valence-electron chi connectivity index (χ0n) is 11.4. The lowest BCUT2D eigenvalue weighted by atomic mass is 10.1. The molecule has 1 aliphatic rings. The maximum atomic E-state index is 12.5. The Balaban J connectivity index is 2.56. The van der Waals surface area contributed by atoms with E-state index >= 15 is 0 Å². The third kappa shape index (κ3) is 4.51. The quantitative estimate of drug-likeness (QED) is 0.792. The number of amides is 1. The third-order valence-corrected chi connectivity index (χ3v) is 4.44. The van der Waals surface area contributed by atoms with Crippen molar-refractivity contribution in [2.75, 3.05) is 24.6 Å². The molecule has 1 N–H and O–H groups in total. The van der Waals surface area contributed by atoms with Crippen LogP contribution in [-0.2, 0) is 4.79 Å². The molecule has 0 bridgehead atoms. The smallest absolute Gasteiger partial charge is 0.240 e. The van der Waals surface area contributed by atoms with Crippen molar-refractivity contribution in [2.24, 2.45) is 0 Å². The number of hydrogen-bond acceptors (Lipinski definition) is 3. The van der Waals surface area contributed by atoms with Gasteiger partial charge in [-0.3, -0.25) is 4.79 Å². The van der Waals surface area contributed by atoms with Crippen LogP contribution in [0.25, 0.3) is 0 Å². The zero-order valence-corrected chi connectivity index (χ0v) is 12.2. The number of unbranched alkanes of at least 4 members (excludes halogenated alkanes) is 1. The van der Waals surface area contributed by atoms with E-state index in [0.717, 1.165) is 43.9 Å². The maximum absolute atomic E-state index is 12.5. The molecule has 3 nitrogen and oxygen atoms in total. The molecule has 1 fully saturated rings. The predicted molar refractivity (Wildman–Crippen MR) is 75.5 cm³/mol. The summed E-state index contributed by atoms with van der Waals surface area (Å²) in [7, 11) is 0. The second kappa shape index (κ2) is 7.98. The van der Waals surface area contributed by atoms with Gasteiger partial charge in [0.1, 0.15) is 0 Å². The highest BCUT2D eigenvalue weighted by molar-refractivity contribution is 7.99. The molecular formula is C13H26N2OS. The number of thioether (sulfide) groups is 1. The fourth-order valence-corrected chi connectivity index (χ4v) is 2.95. The Kier molecular flexibility index (Phi) is 6.97. The van der Waals surface area contributed by atoms with Crippen LogP contribution in [-0.4, -0.2) is 47.5 Å². The van der Waals surface area contributed by atoms with Gasteiger partial charge in [-0.2, -0.15) is 11.8 Å². The second-order valence-corrected chi connectivity index (χ2v) is 5.87. The number of rotatable bonds is 6. The molecule has 0 aromatic carbocycles. The maximum Gasteiger partial charge on any atom is 0.240 e. The summed E-state index contributed by atoms with van der Waals surface area (Å²) in [5.74, 6) is 2.36. The number of nitrogens with one attached hydrogen (secondary N) is 1. The van der Waals surface area contributed by atoms with Crippen LogP contribution in [0.4, 0.5) is 0 Å². The minimum absolute atomic E-state index is 0.0413. The number of carbonyl (C=O) groups excluding carboxylic acids is 1. The van der Waals surface area contributed by atoms with E-state index in [-0.39, 0.29) is 6.04 Å². The summed E-state index contributed by atoms with van der Waals surface area (Å²) in [6.45, 7) is 8.35. The van der Waals surface area contributed by atoms with E-state index in [0.29, 0.717) is 11.9 Å². The molecule has 1 heterocycles. The molecule has 2 atom stereocenters. The topological polar surface area (TPSA) is 32.3 Å². The molecule has 1 amide bonds. The highest BCUT2D eigenvalue weighted by Crippen LogP contribution is 2.13. The summed E-state index contributed by atoms with van der Waals surface area (Å²) in [5.41, 5.74) is 0. The van der Waals surface area contributed by atoms with Crippen LogP contribution in [0, 0.1) is 0 Å². The van der Waals surface area contributed by atoms with E-state index in [2.05, 4.69) is 31.0 Å². The van der Waals surface area contributed by atoms with Gasteiger partial charge >= 0.3 is 0 Å². The largest absolute Gasteiger partial charge is 0.339 e. The van der Waals surface area contributed by atoms with Crippen LogP contribution < -0.4 is 5.32 Å². The first-order valence-electron chi connectivity index (χ1n) is 6.82. The minimum Gasteiger partial charge on any atom is -0.339 e. The zero-order chi connectivity index (χ0) is 12.7. The first-order valence-corrected chi connectivity index (χ1v) is 7.97. The molecule has 2 unspecified atom stereocenters. The van der Waals surface area contributed by atoms with E-state index in [1.54, 1.807) is 0 Å². The fourth-order valence-electron chi connectivity index (χ4n) is 2.02. The van der Waals surface area contributed by atoms with Gasteiger partial charge in [-0.15, -0.1) is 0 Å². The van der Waals surface area contributed by atoms with Crippen molar-refractivity contribution in [3.05, 3.63) is 0 Å².